The summed E-state index contributed by atoms with van der Waals surface area (Å²) in [6.07, 6.45) is 5.20. The highest BCUT2D eigenvalue weighted by Gasteiger charge is 2.35. The number of hydrogen-bond donors (Lipinski definition) is 1. The minimum absolute atomic E-state index is 0.590. The van der Waals surface area contributed by atoms with Gasteiger partial charge in [0.2, 0.25) is 0 Å². The second kappa shape index (κ2) is 5.04. The van der Waals surface area contributed by atoms with Crippen LogP contribution < -0.4 is 9.47 Å². The van der Waals surface area contributed by atoms with E-state index in [2.05, 4.69) is 6.92 Å². The smallest absolute Gasteiger partial charge is 0.161 e. The van der Waals surface area contributed by atoms with Crippen molar-refractivity contribution in [2.75, 3.05) is 13.2 Å². The summed E-state index contributed by atoms with van der Waals surface area (Å²) in [6, 6.07) is 5.88. The molecule has 19 heavy (non-hydrogen) atoms. The van der Waals surface area contributed by atoms with E-state index in [4.69, 9.17) is 9.47 Å². The lowest BCUT2D eigenvalue weighted by atomic mass is 9.73. The summed E-state index contributed by atoms with van der Waals surface area (Å²) in [5.41, 5.74) is 0.296. The highest BCUT2D eigenvalue weighted by atomic mass is 16.6. The molecule has 0 aromatic heterocycles. The van der Waals surface area contributed by atoms with Crippen LogP contribution in [0.3, 0.4) is 0 Å². The molecule has 1 aromatic rings. The molecule has 0 saturated heterocycles. The zero-order chi connectivity index (χ0) is 13.3. The molecule has 2 unspecified atom stereocenters. The Labute approximate surface area is 114 Å². The highest BCUT2D eigenvalue weighted by molar-refractivity contribution is 5.45. The van der Waals surface area contributed by atoms with Crippen LogP contribution in [0.4, 0.5) is 0 Å². The Bertz CT molecular complexity index is 457. The summed E-state index contributed by atoms with van der Waals surface area (Å²) in [6.45, 7) is 3.40. The Hall–Kier alpha value is -1.22. The summed E-state index contributed by atoms with van der Waals surface area (Å²) in [5.74, 6) is 2.20. The van der Waals surface area contributed by atoms with Crippen LogP contribution in [0.1, 0.15) is 44.6 Å². The molecule has 1 aliphatic heterocycles. The molecule has 1 fully saturated rings. The fraction of sp³-hybridized carbons (Fsp3) is 0.625. The molecule has 3 nitrogen and oxygen atoms in total. The van der Waals surface area contributed by atoms with Crippen molar-refractivity contribution in [2.45, 2.75) is 44.6 Å². The molecular formula is C16H22O3. The average Bonchev–Trinajstić information content (AvgIpc) is 2.46. The first-order valence-electron chi connectivity index (χ1n) is 7.34. The SMILES string of the molecule is CCC1CCCC(O)(c2ccc3c(c2)OCCO3)C1. The number of benzene rings is 1. The van der Waals surface area contributed by atoms with Gasteiger partial charge in [-0.05, 0) is 42.9 Å². The van der Waals surface area contributed by atoms with E-state index in [1.54, 1.807) is 0 Å². The minimum atomic E-state index is -0.686. The number of hydrogen-bond acceptors (Lipinski definition) is 3. The van der Waals surface area contributed by atoms with Gasteiger partial charge in [0.1, 0.15) is 13.2 Å². The van der Waals surface area contributed by atoms with Crippen LogP contribution in [0.2, 0.25) is 0 Å². The highest BCUT2D eigenvalue weighted by Crippen LogP contribution is 2.43. The Morgan fingerprint density at radius 3 is 2.84 bits per heavy atom. The van der Waals surface area contributed by atoms with Gasteiger partial charge in [-0.15, -0.1) is 0 Å². The molecule has 0 spiro atoms. The molecule has 1 aliphatic carbocycles. The second-order valence-electron chi connectivity index (χ2n) is 5.76. The third-order valence-electron chi connectivity index (χ3n) is 4.49. The van der Waals surface area contributed by atoms with Crippen molar-refractivity contribution in [1.29, 1.82) is 0 Å². The van der Waals surface area contributed by atoms with Crippen LogP contribution in [0.15, 0.2) is 18.2 Å². The van der Waals surface area contributed by atoms with Gasteiger partial charge in [-0.2, -0.15) is 0 Å². The zero-order valence-corrected chi connectivity index (χ0v) is 11.5. The first-order valence-corrected chi connectivity index (χ1v) is 7.34. The molecule has 1 aromatic carbocycles. The van der Waals surface area contributed by atoms with Gasteiger partial charge in [0, 0.05) is 0 Å². The van der Waals surface area contributed by atoms with Crippen LogP contribution in [-0.4, -0.2) is 18.3 Å². The Balaban J connectivity index is 1.88. The normalized spacial score (nSPS) is 30.1. The van der Waals surface area contributed by atoms with E-state index in [1.807, 2.05) is 18.2 Å². The van der Waals surface area contributed by atoms with Crippen molar-refractivity contribution in [3.8, 4) is 11.5 Å². The first-order chi connectivity index (χ1) is 9.21. The fourth-order valence-corrected chi connectivity index (χ4v) is 3.31. The van der Waals surface area contributed by atoms with Crippen molar-refractivity contribution in [2.24, 2.45) is 5.92 Å². The molecule has 1 N–H and O–H groups in total. The summed E-state index contributed by atoms with van der Waals surface area (Å²) >= 11 is 0. The van der Waals surface area contributed by atoms with E-state index in [1.165, 1.54) is 6.42 Å². The molecule has 1 heterocycles. The van der Waals surface area contributed by atoms with Gasteiger partial charge in [-0.1, -0.05) is 25.8 Å². The van der Waals surface area contributed by atoms with Gasteiger partial charge in [0.05, 0.1) is 5.60 Å². The topological polar surface area (TPSA) is 38.7 Å². The molecule has 104 valence electrons. The number of fused-ring (bicyclic) bond motifs is 1. The van der Waals surface area contributed by atoms with Crippen LogP contribution >= 0.6 is 0 Å². The average molecular weight is 262 g/mol. The molecule has 1 saturated carbocycles. The molecule has 0 bridgehead atoms. The maximum absolute atomic E-state index is 10.9. The van der Waals surface area contributed by atoms with Gasteiger partial charge in [-0.25, -0.2) is 0 Å². The number of ether oxygens (including phenoxy) is 2. The predicted molar refractivity (Wildman–Crippen MR) is 73.6 cm³/mol. The number of aliphatic hydroxyl groups is 1. The molecule has 3 rings (SSSR count). The molecule has 0 radical (unpaired) electrons. The van der Waals surface area contributed by atoms with Crippen molar-refractivity contribution in [3.05, 3.63) is 23.8 Å². The van der Waals surface area contributed by atoms with Crippen LogP contribution in [-0.2, 0) is 5.60 Å². The van der Waals surface area contributed by atoms with E-state index < -0.39 is 5.60 Å². The predicted octanol–water partition coefficient (Wildman–Crippen LogP) is 3.25. The molecule has 3 heteroatoms. The van der Waals surface area contributed by atoms with Crippen molar-refractivity contribution < 1.29 is 14.6 Å². The molecule has 0 amide bonds. The molecule has 2 atom stereocenters. The summed E-state index contributed by atoms with van der Waals surface area (Å²) < 4.78 is 11.2. The second-order valence-corrected chi connectivity index (χ2v) is 5.76. The lowest BCUT2D eigenvalue weighted by molar-refractivity contribution is -0.0220. The summed E-state index contributed by atoms with van der Waals surface area (Å²) in [5, 5.41) is 10.9. The summed E-state index contributed by atoms with van der Waals surface area (Å²) in [7, 11) is 0. The summed E-state index contributed by atoms with van der Waals surface area (Å²) in [4.78, 5) is 0. The Morgan fingerprint density at radius 1 is 1.26 bits per heavy atom. The van der Waals surface area contributed by atoms with E-state index in [0.29, 0.717) is 19.1 Å². The first kappa shape index (κ1) is 12.8. The van der Waals surface area contributed by atoms with E-state index in [-0.39, 0.29) is 0 Å². The van der Waals surface area contributed by atoms with Crippen molar-refractivity contribution in [3.63, 3.8) is 0 Å². The van der Waals surface area contributed by atoms with Crippen molar-refractivity contribution in [1.82, 2.24) is 0 Å². The Morgan fingerprint density at radius 2 is 2.05 bits per heavy atom. The van der Waals surface area contributed by atoms with Crippen LogP contribution in [0, 0.1) is 5.92 Å². The monoisotopic (exact) mass is 262 g/mol. The van der Waals surface area contributed by atoms with Gasteiger partial charge >= 0.3 is 0 Å². The molecule has 2 aliphatic rings. The number of rotatable bonds is 2. The molecular weight excluding hydrogens is 240 g/mol. The van der Waals surface area contributed by atoms with E-state index in [9.17, 15) is 5.11 Å². The quantitative estimate of drug-likeness (QED) is 0.889. The van der Waals surface area contributed by atoms with Crippen LogP contribution in [0.5, 0.6) is 11.5 Å². The maximum Gasteiger partial charge on any atom is 0.161 e. The van der Waals surface area contributed by atoms with E-state index in [0.717, 1.165) is 42.7 Å². The third-order valence-corrected chi connectivity index (χ3v) is 4.49. The van der Waals surface area contributed by atoms with Gasteiger partial charge in [0.15, 0.2) is 11.5 Å². The van der Waals surface area contributed by atoms with Gasteiger partial charge in [0.25, 0.3) is 0 Å². The maximum atomic E-state index is 10.9. The largest absolute Gasteiger partial charge is 0.486 e. The van der Waals surface area contributed by atoms with Gasteiger partial charge in [-0.3, -0.25) is 0 Å². The fourth-order valence-electron chi connectivity index (χ4n) is 3.31. The van der Waals surface area contributed by atoms with Crippen molar-refractivity contribution >= 4 is 0 Å². The zero-order valence-electron chi connectivity index (χ0n) is 11.5. The lowest BCUT2D eigenvalue weighted by Crippen LogP contribution is -2.32. The Kier molecular flexibility index (Phi) is 3.40. The van der Waals surface area contributed by atoms with Gasteiger partial charge < -0.3 is 14.6 Å². The standard InChI is InChI=1S/C16H22O3/c1-2-12-4-3-7-16(17,11-12)13-5-6-14-15(10-13)19-9-8-18-14/h5-6,10,12,17H,2-4,7-9,11H2,1H3. The van der Waals surface area contributed by atoms with E-state index >= 15 is 0 Å². The third kappa shape index (κ3) is 2.44. The lowest BCUT2D eigenvalue weighted by Gasteiger charge is -2.37. The van der Waals surface area contributed by atoms with Crippen LogP contribution in [0.25, 0.3) is 0 Å². The minimum Gasteiger partial charge on any atom is -0.486 e.